The van der Waals surface area contributed by atoms with Gasteiger partial charge in [0.15, 0.2) is 0 Å². The molecule has 0 fully saturated rings. The molecule has 32 heavy (non-hydrogen) atoms. The van der Waals surface area contributed by atoms with Crippen LogP contribution in [0.25, 0.3) is 55.7 Å². The second-order valence-corrected chi connectivity index (χ2v) is 7.89. The standard InChI is InChI=1S/C25H19FN6/c1-14-28-13-23(32(14)2)16-5-8-21-18(11-16)25(31-30-21)22-12-19-20(29-22)9-10-27-24(19)15-3-6-17(26)7-4-15/h3-13,29H,1-2H3,(H,30,31). The fraction of sp³-hybridized carbons (Fsp3) is 0.0800. The lowest BCUT2D eigenvalue weighted by atomic mass is 10.1. The van der Waals surface area contributed by atoms with E-state index in [0.717, 1.165) is 61.5 Å². The number of aromatic nitrogens is 6. The summed E-state index contributed by atoms with van der Waals surface area (Å²) in [6.07, 6.45) is 3.65. The first kappa shape index (κ1) is 18.5. The molecule has 4 aromatic heterocycles. The van der Waals surface area contributed by atoms with Crippen LogP contribution in [0.15, 0.2) is 67.0 Å². The summed E-state index contributed by atoms with van der Waals surface area (Å²) in [6, 6.07) is 16.6. The number of imidazole rings is 1. The molecule has 0 bridgehead atoms. The Kier molecular flexibility index (Phi) is 3.98. The Labute approximate surface area is 182 Å². The average molecular weight is 422 g/mol. The highest BCUT2D eigenvalue weighted by Gasteiger charge is 2.15. The Morgan fingerprint density at radius 3 is 2.41 bits per heavy atom. The molecule has 0 amide bonds. The molecular formula is C25H19FN6. The number of hydrogen-bond acceptors (Lipinski definition) is 3. The van der Waals surface area contributed by atoms with Crippen molar-refractivity contribution in [1.29, 1.82) is 0 Å². The maximum Gasteiger partial charge on any atom is 0.123 e. The van der Waals surface area contributed by atoms with Gasteiger partial charge >= 0.3 is 0 Å². The number of nitrogens with one attached hydrogen (secondary N) is 2. The minimum atomic E-state index is -0.266. The van der Waals surface area contributed by atoms with E-state index in [2.05, 4.69) is 47.9 Å². The molecule has 2 aromatic carbocycles. The van der Waals surface area contributed by atoms with Crippen LogP contribution < -0.4 is 0 Å². The quantitative estimate of drug-likeness (QED) is 0.389. The molecular weight excluding hydrogens is 403 g/mol. The Morgan fingerprint density at radius 2 is 1.62 bits per heavy atom. The molecule has 0 aliphatic carbocycles. The molecule has 0 radical (unpaired) electrons. The molecule has 0 atom stereocenters. The third-order valence-corrected chi connectivity index (χ3v) is 6.00. The van der Waals surface area contributed by atoms with E-state index in [0.29, 0.717) is 0 Å². The number of aryl methyl sites for hydroxylation is 1. The summed E-state index contributed by atoms with van der Waals surface area (Å²) in [5, 5.41) is 9.70. The molecule has 6 nitrogen and oxygen atoms in total. The summed E-state index contributed by atoms with van der Waals surface area (Å²) in [4.78, 5) is 12.4. The highest BCUT2D eigenvalue weighted by molar-refractivity contribution is 6.00. The van der Waals surface area contributed by atoms with Gasteiger partial charge in [-0.1, -0.05) is 6.07 Å². The fourth-order valence-electron chi connectivity index (χ4n) is 4.17. The van der Waals surface area contributed by atoms with Crippen molar-refractivity contribution in [2.24, 2.45) is 7.05 Å². The number of rotatable bonds is 3. The Hall–Kier alpha value is -4.26. The number of halogens is 1. The molecule has 4 heterocycles. The van der Waals surface area contributed by atoms with Crippen molar-refractivity contribution in [3.63, 3.8) is 0 Å². The van der Waals surface area contributed by atoms with Crippen LogP contribution in [0, 0.1) is 12.7 Å². The summed E-state index contributed by atoms with van der Waals surface area (Å²) < 4.78 is 15.5. The van der Waals surface area contributed by atoms with Gasteiger partial charge in [-0.2, -0.15) is 5.10 Å². The molecule has 0 saturated heterocycles. The van der Waals surface area contributed by atoms with E-state index in [1.165, 1.54) is 12.1 Å². The van der Waals surface area contributed by atoms with Crippen molar-refractivity contribution in [3.8, 4) is 33.9 Å². The number of H-pyrrole nitrogens is 2. The maximum absolute atomic E-state index is 13.4. The van der Waals surface area contributed by atoms with Gasteiger partial charge in [-0.15, -0.1) is 0 Å². The first-order valence-corrected chi connectivity index (χ1v) is 10.3. The Balaban J connectivity index is 1.51. The fourth-order valence-corrected chi connectivity index (χ4v) is 4.17. The molecule has 0 aliphatic rings. The van der Waals surface area contributed by atoms with Crippen LogP contribution in [0.4, 0.5) is 4.39 Å². The van der Waals surface area contributed by atoms with Crippen molar-refractivity contribution in [2.75, 3.05) is 0 Å². The zero-order chi connectivity index (χ0) is 21.8. The van der Waals surface area contributed by atoms with E-state index in [4.69, 9.17) is 0 Å². The van der Waals surface area contributed by atoms with Gasteiger partial charge in [-0.25, -0.2) is 9.37 Å². The lowest BCUT2D eigenvalue weighted by Crippen LogP contribution is -1.94. The second kappa shape index (κ2) is 6.88. The van der Waals surface area contributed by atoms with E-state index in [-0.39, 0.29) is 5.82 Å². The average Bonchev–Trinajstić information content (AvgIpc) is 3.50. The van der Waals surface area contributed by atoms with Crippen LogP contribution in [0.5, 0.6) is 0 Å². The summed E-state index contributed by atoms with van der Waals surface area (Å²) in [5.74, 6) is 0.696. The van der Waals surface area contributed by atoms with Gasteiger partial charge in [0.1, 0.15) is 17.3 Å². The molecule has 156 valence electrons. The van der Waals surface area contributed by atoms with Crippen molar-refractivity contribution >= 4 is 21.8 Å². The van der Waals surface area contributed by atoms with Gasteiger partial charge in [0.05, 0.1) is 28.8 Å². The van der Waals surface area contributed by atoms with Gasteiger partial charge in [0.2, 0.25) is 0 Å². The van der Waals surface area contributed by atoms with Crippen molar-refractivity contribution in [2.45, 2.75) is 6.92 Å². The smallest absolute Gasteiger partial charge is 0.123 e. The number of nitrogens with zero attached hydrogens (tertiary/aromatic N) is 4. The Morgan fingerprint density at radius 1 is 0.844 bits per heavy atom. The number of hydrogen-bond donors (Lipinski definition) is 2. The van der Waals surface area contributed by atoms with Crippen LogP contribution in [-0.4, -0.2) is 29.7 Å². The second-order valence-electron chi connectivity index (χ2n) is 7.89. The molecule has 0 saturated carbocycles. The zero-order valence-corrected chi connectivity index (χ0v) is 17.5. The third-order valence-electron chi connectivity index (χ3n) is 6.00. The van der Waals surface area contributed by atoms with Crippen molar-refractivity contribution in [3.05, 3.63) is 78.6 Å². The van der Waals surface area contributed by atoms with Crippen LogP contribution in [0.1, 0.15) is 5.82 Å². The van der Waals surface area contributed by atoms with Crippen LogP contribution in [0.3, 0.4) is 0 Å². The molecule has 2 N–H and O–H groups in total. The third kappa shape index (κ3) is 2.82. The Bertz CT molecular complexity index is 1600. The van der Waals surface area contributed by atoms with Crippen molar-refractivity contribution < 1.29 is 4.39 Å². The van der Waals surface area contributed by atoms with E-state index in [1.54, 1.807) is 18.3 Å². The van der Waals surface area contributed by atoms with Crippen LogP contribution in [0.2, 0.25) is 0 Å². The number of fused-ring (bicyclic) bond motifs is 2. The molecule has 6 aromatic rings. The number of aromatic amines is 2. The molecule has 0 spiro atoms. The SMILES string of the molecule is Cc1ncc(-c2ccc3[nH]nc(-c4cc5c(-c6ccc(F)cc6)nccc5[nH]4)c3c2)n1C. The minimum Gasteiger partial charge on any atom is -0.353 e. The predicted octanol–water partition coefficient (Wildman–Crippen LogP) is 5.62. The number of pyridine rings is 1. The largest absolute Gasteiger partial charge is 0.353 e. The number of benzene rings is 2. The van der Waals surface area contributed by atoms with E-state index < -0.39 is 0 Å². The maximum atomic E-state index is 13.4. The molecule has 0 aliphatic heterocycles. The summed E-state index contributed by atoms with van der Waals surface area (Å²) in [7, 11) is 2.01. The first-order valence-electron chi connectivity index (χ1n) is 10.3. The monoisotopic (exact) mass is 422 g/mol. The summed E-state index contributed by atoms with van der Waals surface area (Å²) in [5.41, 5.74) is 7.42. The van der Waals surface area contributed by atoms with Gasteiger partial charge in [0.25, 0.3) is 0 Å². The first-order chi connectivity index (χ1) is 15.6. The normalized spacial score (nSPS) is 11.6. The molecule has 6 rings (SSSR count). The predicted molar refractivity (Wildman–Crippen MR) is 124 cm³/mol. The van der Waals surface area contributed by atoms with Gasteiger partial charge in [-0.05, 0) is 55.5 Å². The molecule has 7 heteroatoms. The van der Waals surface area contributed by atoms with E-state index in [9.17, 15) is 4.39 Å². The van der Waals surface area contributed by atoms with Gasteiger partial charge < -0.3 is 9.55 Å². The minimum absolute atomic E-state index is 0.266. The van der Waals surface area contributed by atoms with E-state index >= 15 is 0 Å². The van der Waals surface area contributed by atoms with Crippen LogP contribution in [-0.2, 0) is 7.05 Å². The van der Waals surface area contributed by atoms with Gasteiger partial charge in [0, 0.05) is 40.7 Å². The lowest BCUT2D eigenvalue weighted by Gasteiger charge is -2.04. The van der Waals surface area contributed by atoms with Crippen molar-refractivity contribution in [1.82, 2.24) is 29.7 Å². The summed E-state index contributed by atoms with van der Waals surface area (Å²) >= 11 is 0. The van der Waals surface area contributed by atoms with E-state index in [1.807, 2.05) is 32.3 Å². The van der Waals surface area contributed by atoms with Gasteiger partial charge in [-0.3, -0.25) is 10.1 Å². The highest BCUT2D eigenvalue weighted by atomic mass is 19.1. The summed E-state index contributed by atoms with van der Waals surface area (Å²) in [6.45, 7) is 1.99. The lowest BCUT2D eigenvalue weighted by molar-refractivity contribution is 0.628. The zero-order valence-electron chi connectivity index (χ0n) is 17.5. The van der Waals surface area contributed by atoms with Crippen LogP contribution >= 0.6 is 0 Å². The molecule has 0 unspecified atom stereocenters. The topological polar surface area (TPSA) is 75.2 Å². The highest BCUT2D eigenvalue weighted by Crippen LogP contribution is 2.34.